The van der Waals surface area contributed by atoms with Crippen molar-refractivity contribution < 1.29 is 19.8 Å². The topological polar surface area (TPSA) is 80.3 Å². The van der Waals surface area contributed by atoms with Crippen molar-refractivity contribution in [2.75, 3.05) is 0 Å². The number of aliphatic carboxylic acids is 2. The summed E-state index contributed by atoms with van der Waals surface area (Å²) in [6, 6.07) is 8.70. The van der Waals surface area contributed by atoms with Crippen molar-refractivity contribution in [1.82, 2.24) is 0 Å². The fraction of sp³-hybridized carbons (Fsp3) is 0.143. The van der Waals surface area contributed by atoms with Crippen molar-refractivity contribution in [3.8, 4) is 0 Å². The summed E-state index contributed by atoms with van der Waals surface area (Å²) in [6.45, 7) is 3.39. The molecule has 18 heavy (non-hydrogen) atoms. The highest BCUT2D eigenvalue weighted by Crippen LogP contribution is 2.15. The Morgan fingerprint density at radius 2 is 1.61 bits per heavy atom. The maximum absolute atomic E-state index is 11.0. The monoisotopic (exact) mass is 244 g/mol. The van der Waals surface area contributed by atoms with Crippen LogP contribution in [0.5, 0.6) is 0 Å². The number of hydrogen-bond donors (Lipinski definition) is 0. The smallest absolute Gasteiger partial charge is 0.0681 e. The molecule has 4 heteroatoms. The molecule has 0 heterocycles. The lowest BCUT2D eigenvalue weighted by atomic mass is 9.98. The van der Waals surface area contributed by atoms with E-state index in [9.17, 15) is 19.8 Å². The summed E-state index contributed by atoms with van der Waals surface area (Å²) in [6.07, 6.45) is 1.23. The molecule has 0 aromatic heterocycles. The average molecular weight is 244 g/mol. The van der Waals surface area contributed by atoms with Gasteiger partial charge in [0.2, 0.25) is 0 Å². The molecule has 0 unspecified atom stereocenters. The first-order valence-corrected chi connectivity index (χ1v) is 5.35. The van der Waals surface area contributed by atoms with Gasteiger partial charge in [0.1, 0.15) is 0 Å². The fourth-order valence-electron chi connectivity index (χ4n) is 1.58. The van der Waals surface area contributed by atoms with Crippen LogP contribution in [0.25, 0.3) is 0 Å². The lowest BCUT2D eigenvalue weighted by Gasteiger charge is -2.16. The molecule has 0 aliphatic carbocycles. The van der Waals surface area contributed by atoms with Gasteiger partial charge in [-0.05, 0) is 29.6 Å². The molecule has 0 fully saturated rings. The summed E-state index contributed by atoms with van der Waals surface area (Å²) >= 11 is 0. The third kappa shape index (κ3) is 3.59. The number of carboxylic acids is 2. The number of hydrogen-bond acceptors (Lipinski definition) is 4. The minimum absolute atomic E-state index is 0.0136. The predicted octanol–water partition coefficient (Wildman–Crippen LogP) is -0.398. The second-order valence-electron chi connectivity index (χ2n) is 3.69. The van der Waals surface area contributed by atoms with Crippen molar-refractivity contribution in [2.24, 2.45) is 0 Å². The molecule has 0 radical (unpaired) electrons. The van der Waals surface area contributed by atoms with E-state index in [0.29, 0.717) is 5.56 Å². The molecule has 0 amide bonds. The molecule has 0 atom stereocenters. The number of carboxylic acid groups (broad SMARTS) is 2. The Morgan fingerprint density at radius 3 is 2.06 bits per heavy atom. The van der Waals surface area contributed by atoms with Gasteiger partial charge >= 0.3 is 0 Å². The van der Waals surface area contributed by atoms with Crippen molar-refractivity contribution in [1.29, 1.82) is 0 Å². The molecule has 1 aromatic carbocycles. The average Bonchev–Trinajstić information content (AvgIpc) is 2.34. The SMILES string of the molecule is C=CC/C(C(=O)[O-])=C(/Cc1ccccc1)C(=O)[O-]. The normalized spacial score (nSPS) is 11.6. The minimum atomic E-state index is -1.51. The Kier molecular flexibility index (Phi) is 4.87. The highest BCUT2D eigenvalue weighted by atomic mass is 16.4. The van der Waals surface area contributed by atoms with E-state index in [0.717, 1.165) is 0 Å². The standard InChI is InChI=1S/C14H14O4/c1-2-6-11(13(15)16)12(14(17)18)9-10-7-4-3-5-8-10/h2-5,7-8H,1,6,9H2,(H,15,16)(H,17,18)/p-2/b12-11+. The molecule has 0 saturated heterocycles. The van der Waals surface area contributed by atoms with Crippen LogP contribution in [0.2, 0.25) is 0 Å². The quantitative estimate of drug-likeness (QED) is 0.504. The molecule has 1 aromatic rings. The molecule has 0 spiro atoms. The summed E-state index contributed by atoms with van der Waals surface area (Å²) in [5.74, 6) is -3.01. The summed E-state index contributed by atoms with van der Waals surface area (Å²) in [4.78, 5) is 21.9. The van der Waals surface area contributed by atoms with Gasteiger partial charge in [0.25, 0.3) is 0 Å². The van der Waals surface area contributed by atoms with E-state index in [-0.39, 0.29) is 24.0 Å². The third-order valence-corrected chi connectivity index (χ3v) is 2.43. The van der Waals surface area contributed by atoms with Gasteiger partial charge in [0.05, 0.1) is 11.9 Å². The van der Waals surface area contributed by atoms with Gasteiger partial charge in [-0.1, -0.05) is 36.4 Å². The van der Waals surface area contributed by atoms with Gasteiger partial charge in [0, 0.05) is 0 Å². The van der Waals surface area contributed by atoms with Gasteiger partial charge in [0.15, 0.2) is 0 Å². The van der Waals surface area contributed by atoms with Gasteiger partial charge < -0.3 is 19.8 Å². The zero-order chi connectivity index (χ0) is 13.5. The first-order valence-electron chi connectivity index (χ1n) is 5.35. The van der Waals surface area contributed by atoms with Crippen molar-refractivity contribution in [3.05, 3.63) is 59.7 Å². The van der Waals surface area contributed by atoms with E-state index in [4.69, 9.17) is 0 Å². The summed E-state index contributed by atoms with van der Waals surface area (Å²) in [5, 5.41) is 21.9. The van der Waals surface area contributed by atoms with Gasteiger partial charge in [-0.3, -0.25) is 0 Å². The van der Waals surface area contributed by atoms with E-state index in [2.05, 4.69) is 6.58 Å². The first kappa shape index (κ1) is 13.7. The Labute approximate surface area is 105 Å². The van der Waals surface area contributed by atoms with Crippen molar-refractivity contribution in [2.45, 2.75) is 12.8 Å². The van der Waals surface area contributed by atoms with Crippen LogP contribution in [0.15, 0.2) is 54.1 Å². The van der Waals surface area contributed by atoms with Gasteiger partial charge in [-0.15, -0.1) is 6.58 Å². The number of allylic oxidation sites excluding steroid dienone is 1. The second kappa shape index (κ2) is 6.39. The maximum Gasteiger partial charge on any atom is 0.0681 e. The number of benzene rings is 1. The van der Waals surface area contributed by atoms with Crippen LogP contribution in [0, 0.1) is 0 Å². The fourth-order valence-corrected chi connectivity index (χ4v) is 1.58. The minimum Gasteiger partial charge on any atom is -0.545 e. The molecule has 0 aliphatic rings. The lowest BCUT2D eigenvalue weighted by molar-refractivity contribution is -0.304. The van der Waals surface area contributed by atoms with E-state index in [1.54, 1.807) is 30.3 Å². The Balaban J connectivity index is 3.15. The van der Waals surface area contributed by atoms with Gasteiger partial charge in [-0.2, -0.15) is 0 Å². The van der Waals surface area contributed by atoms with E-state index >= 15 is 0 Å². The molecule has 0 N–H and O–H groups in total. The molecule has 0 saturated carbocycles. The largest absolute Gasteiger partial charge is 0.545 e. The van der Waals surface area contributed by atoms with Crippen LogP contribution < -0.4 is 10.2 Å². The maximum atomic E-state index is 11.0. The van der Waals surface area contributed by atoms with Crippen LogP contribution in [0.3, 0.4) is 0 Å². The zero-order valence-electron chi connectivity index (χ0n) is 9.72. The highest BCUT2D eigenvalue weighted by Gasteiger charge is 2.09. The second-order valence-corrected chi connectivity index (χ2v) is 3.69. The van der Waals surface area contributed by atoms with E-state index in [1.807, 2.05) is 0 Å². The van der Waals surface area contributed by atoms with Crippen LogP contribution >= 0.6 is 0 Å². The molecular formula is C14H12O4-2. The van der Waals surface area contributed by atoms with Crippen LogP contribution in [0.4, 0.5) is 0 Å². The third-order valence-electron chi connectivity index (χ3n) is 2.43. The summed E-state index contributed by atoms with van der Waals surface area (Å²) in [7, 11) is 0. The van der Waals surface area contributed by atoms with Crippen molar-refractivity contribution in [3.63, 3.8) is 0 Å². The molecule has 1 rings (SSSR count). The molecule has 0 aliphatic heterocycles. The zero-order valence-corrected chi connectivity index (χ0v) is 9.72. The van der Waals surface area contributed by atoms with E-state index in [1.165, 1.54) is 6.08 Å². The molecular weight excluding hydrogens is 232 g/mol. The van der Waals surface area contributed by atoms with Crippen LogP contribution in [0.1, 0.15) is 12.0 Å². The molecule has 0 bridgehead atoms. The molecule has 94 valence electrons. The summed E-state index contributed by atoms with van der Waals surface area (Å²) < 4.78 is 0. The van der Waals surface area contributed by atoms with Gasteiger partial charge in [-0.25, -0.2) is 0 Å². The number of carbonyl (C=O) groups excluding carboxylic acids is 2. The lowest BCUT2D eigenvalue weighted by Crippen LogP contribution is -2.32. The van der Waals surface area contributed by atoms with Crippen LogP contribution in [-0.2, 0) is 16.0 Å². The van der Waals surface area contributed by atoms with E-state index < -0.39 is 11.9 Å². The highest BCUT2D eigenvalue weighted by molar-refractivity contribution is 5.97. The summed E-state index contributed by atoms with van der Waals surface area (Å²) in [5.41, 5.74) is 0.120. The first-order chi connectivity index (χ1) is 8.56. The Hall–Kier alpha value is -2.36. The molecule has 4 nitrogen and oxygen atoms in total. The predicted molar refractivity (Wildman–Crippen MR) is 62.0 cm³/mol. The Morgan fingerprint density at radius 1 is 1.06 bits per heavy atom. The Bertz CT molecular complexity index is 486. The number of carbonyl (C=O) groups is 2. The number of rotatable bonds is 6. The van der Waals surface area contributed by atoms with Crippen molar-refractivity contribution >= 4 is 11.9 Å². The van der Waals surface area contributed by atoms with Crippen LogP contribution in [-0.4, -0.2) is 11.9 Å².